The molecular formula is C15H16FNO. The highest BCUT2D eigenvalue weighted by Crippen LogP contribution is 2.27. The van der Waals surface area contributed by atoms with Crippen LogP contribution in [0.4, 0.5) is 4.39 Å². The zero-order valence-corrected chi connectivity index (χ0v) is 10.5. The van der Waals surface area contributed by atoms with Gasteiger partial charge in [0.05, 0.1) is 0 Å². The molecule has 0 aliphatic rings. The molecule has 0 bridgehead atoms. The van der Waals surface area contributed by atoms with E-state index < -0.39 is 0 Å². The molecule has 0 aromatic heterocycles. The minimum absolute atomic E-state index is 0.300. The number of hydrogen-bond donors (Lipinski definition) is 1. The Hall–Kier alpha value is -1.87. The Morgan fingerprint density at radius 1 is 1.06 bits per heavy atom. The molecule has 0 aliphatic heterocycles. The predicted octanol–water partition coefficient (Wildman–Crippen LogP) is 3.69. The Labute approximate surface area is 106 Å². The third-order valence-electron chi connectivity index (χ3n) is 2.91. The van der Waals surface area contributed by atoms with Crippen LogP contribution in [0.25, 0.3) is 0 Å². The van der Waals surface area contributed by atoms with Gasteiger partial charge in [-0.2, -0.15) is 0 Å². The second-order valence-corrected chi connectivity index (χ2v) is 4.30. The summed E-state index contributed by atoms with van der Waals surface area (Å²) in [6.07, 6.45) is 0. The van der Waals surface area contributed by atoms with Crippen LogP contribution in [0.15, 0.2) is 36.4 Å². The van der Waals surface area contributed by atoms with Crippen LogP contribution in [0.3, 0.4) is 0 Å². The van der Waals surface area contributed by atoms with E-state index in [1.54, 1.807) is 6.07 Å². The van der Waals surface area contributed by atoms with Gasteiger partial charge in [-0.1, -0.05) is 12.1 Å². The van der Waals surface area contributed by atoms with E-state index in [4.69, 9.17) is 10.5 Å². The lowest BCUT2D eigenvalue weighted by molar-refractivity contribution is 0.472. The van der Waals surface area contributed by atoms with Crippen molar-refractivity contribution in [3.05, 3.63) is 58.9 Å². The van der Waals surface area contributed by atoms with Crippen molar-refractivity contribution in [1.29, 1.82) is 0 Å². The average Bonchev–Trinajstić information content (AvgIpc) is 2.34. The third-order valence-corrected chi connectivity index (χ3v) is 2.91. The van der Waals surface area contributed by atoms with Gasteiger partial charge in [-0.15, -0.1) is 0 Å². The second-order valence-electron chi connectivity index (χ2n) is 4.30. The Morgan fingerprint density at radius 3 is 2.50 bits per heavy atom. The number of nitrogens with two attached hydrogens (primary N) is 1. The molecule has 0 spiro atoms. The second kappa shape index (κ2) is 5.19. The Morgan fingerprint density at radius 2 is 1.83 bits per heavy atom. The molecule has 0 fully saturated rings. The van der Waals surface area contributed by atoms with Gasteiger partial charge in [0.15, 0.2) is 0 Å². The maximum Gasteiger partial charge on any atom is 0.133 e. The summed E-state index contributed by atoms with van der Waals surface area (Å²) in [5.74, 6) is 0.930. The van der Waals surface area contributed by atoms with E-state index in [2.05, 4.69) is 0 Å². The summed E-state index contributed by atoms with van der Waals surface area (Å²) in [5.41, 5.74) is 8.66. The van der Waals surface area contributed by atoms with E-state index in [0.717, 1.165) is 16.7 Å². The monoisotopic (exact) mass is 245 g/mol. The number of ether oxygens (including phenoxy) is 1. The normalized spacial score (nSPS) is 10.4. The zero-order valence-electron chi connectivity index (χ0n) is 10.5. The van der Waals surface area contributed by atoms with Crippen molar-refractivity contribution in [2.75, 3.05) is 0 Å². The average molecular weight is 245 g/mol. The van der Waals surface area contributed by atoms with Gasteiger partial charge in [-0.05, 0) is 48.7 Å². The molecule has 0 radical (unpaired) electrons. The van der Waals surface area contributed by atoms with Crippen LogP contribution in [0.5, 0.6) is 11.5 Å². The molecule has 18 heavy (non-hydrogen) atoms. The highest BCUT2D eigenvalue weighted by molar-refractivity contribution is 5.40. The van der Waals surface area contributed by atoms with Crippen molar-refractivity contribution in [2.45, 2.75) is 20.4 Å². The number of rotatable bonds is 3. The van der Waals surface area contributed by atoms with Gasteiger partial charge in [0, 0.05) is 12.6 Å². The molecule has 0 atom stereocenters. The van der Waals surface area contributed by atoms with Gasteiger partial charge in [-0.25, -0.2) is 4.39 Å². The molecule has 2 aromatic carbocycles. The molecule has 0 aliphatic carbocycles. The molecule has 0 saturated carbocycles. The van der Waals surface area contributed by atoms with Crippen molar-refractivity contribution < 1.29 is 9.13 Å². The summed E-state index contributed by atoms with van der Waals surface area (Å²) in [6.45, 7) is 4.37. The fourth-order valence-electron chi connectivity index (χ4n) is 1.77. The molecule has 0 saturated heterocycles. The first kappa shape index (κ1) is 12.6. The smallest absolute Gasteiger partial charge is 0.133 e. The van der Waals surface area contributed by atoms with Crippen LogP contribution in [0, 0.1) is 19.7 Å². The number of benzene rings is 2. The van der Waals surface area contributed by atoms with E-state index in [1.807, 2.05) is 32.0 Å². The lowest BCUT2D eigenvalue weighted by atomic mass is 10.1. The largest absolute Gasteiger partial charge is 0.457 e. The van der Waals surface area contributed by atoms with Gasteiger partial charge < -0.3 is 10.5 Å². The molecule has 94 valence electrons. The zero-order chi connectivity index (χ0) is 13.1. The summed E-state index contributed by atoms with van der Waals surface area (Å²) in [5, 5.41) is 0. The summed E-state index contributed by atoms with van der Waals surface area (Å²) in [4.78, 5) is 0. The lowest BCUT2D eigenvalue weighted by Gasteiger charge is -2.11. The van der Waals surface area contributed by atoms with Crippen molar-refractivity contribution >= 4 is 0 Å². The SMILES string of the molecule is Cc1cc(Oc2cc(F)ccc2C)ccc1CN. The summed E-state index contributed by atoms with van der Waals surface area (Å²) in [7, 11) is 0. The molecule has 0 heterocycles. The van der Waals surface area contributed by atoms with Gasteiger partial charge >= 0.3 is 0 Å². The minimum atomic E-state index is -0.300. The minimum Gasteiger partial charge on any atom is -0.457 e. The standard InChI is InChI=1S/C15H16FNO/c1-10-3-5-13(16)8-15(10)18-14-6-4-12(9-17)11(2)7-14/h3-8H,9,17H2,1-2H3. The third kappa shape index (κ3) is 2.68. The predicted molar refractivity (Wildman–Crippen MR) is 70.3 cm³/mol. The van der Waals surface area contributed by atoms with E-state index >= 15 is 0 Å². The Bertz CT molecular complexity index is 566. The van der Waals surface area contributed by atoms with E-state index in [0.29, 0.717) is 18.0 Å². The first-order valence-corrected chi connectivity index (χ1v) is 5.84. The lowest BCUT2D eigenvalue weighted by Crippen LogP contribution is -1.99. The fraction of sp³-hybridized carbons (Fsp3) is 0.200. The van der Waals surface area contributed by atoms with Gasteiger partial charge in [0.1, 0.15) is 17.3 Å². The molecule has 2 nitrogen and oxygen atoms in total. The number of hydrogen-bond acceptors (Lipinski definition) is 2. The molecule has 3 heteroatoms. The maximum atomic E-state index is 13.2. The molecule has 0 unspecified atom stereocenters. The fourth-order valence-corrected chi connectivity index (χ4v) is 1.77. The van der Waals surface area contributed by atoms with Crippen LogP contribution < -0.4 is 10.5 Å². The molecule has 2 rings (SSSR count). The molecular weight excluding hydrogens is 229 g/mol. The van der Waals surface area contributed by atoms with Gasteiger partial charge in [0.25, 0.3) is 0 Å². The molecule has 2 aromatic rings. The Kier molecular flexibility index (Phi) is 3.63. The first-order chi connectivity index (χ1) is 8.60. The van der Waals surface area contributed by atoms with E-state index in [9.17, 15) is 4.39 Å². The highest BCUT2D eigenvalue weighted by atomic mass is 19.1. The number of halogens is 1. The van der Waals surface area contributed by atoms with Crippen LogP contribution in [0.2, 0.25) is 0 Å². The van der Waals surface area contributed by atoms with Crippen LogP contribution >= 0.6 is 0 Å². The van der Waals surface area contributed by atoms with Crippen molar-refractivity contribution in [1.82, 2.24) is 0 Å². The van der Waals surface area contributed by atoms with Crippen LogP contribution in [-0.4, -0.2) is 0 Å². The van der Waals surface area contributed by atoms with E-state index in [1.165, 1.54) is 12.1 Å². The highest BCUT2D eigenvalue weighted by Gasteiger charge is 2.05. The first-order valence-electron chi connectivity index (χ1n) is 5.84. The van der Waals surface area contributed by atoms with Gasteiger partial charge in [0.2, 0.25) is 0 Å². The molecule has 0 amide bonds. The summed E-state index contributed by atoms with van der Waals surface area (Å²) >= 11 is 0. The quantitative estimate of drug-likeness (QED) is 0.895. The van der Waals surface area contributed by atoms with Crippen molar-refractivity contribution in [3.63, 3.8) is 0 Å². The van der Waals surface area contributed by atoms with Crippen LogP contribution in [0.1, 0.15) is 16.7 Å². The summed E-state index contributed by atoms with van der Waals surface area (Å²) in [6, 6.07) is 10.2. The van der Waals surface area contributed by atoms with E-state index in [-0.39, 0.29) is 5.82 Å². The summed E-state index contributed by atoms with van der Waals surface area (Å²) < 4.78 is 18.8. The maximum absolute atomic E-state index is 13.2. The van der Waals surface area contributed by atoms with Gasteiger partial charge in [-0.3, -0.25) is 0 Å². The van der Waals surface area contributed by atoms with Crippen LogP contribution in [-0.2, 0) is 6.54 Å². The topological polar surface area (TPSA) is 35.2 Å². The number of aryl methyl sites for hydroxylation is 2. The Balaban J connectivity index is 2.28. The van der Waals surface area contributed by atoms with Crippen molar-refractivity contribution in [2.24, 2.45) is 5.73 Å². The molecule has 2 N–H and O–H groups in total. The van der Waals surface area contributed by atoms with Crippen molar-refractivity contribution in [3.8, 4) is 11.5 Å².